The summed E-state index contributed by atoms with van der Waals surface area (Å²) in [5, 5.41) is 3.50. The van der Waals surface area contributed by atoms with Crippen molar-refractivity contribution in [2.75, 3.05) is 32.8 Å². The molecule has 0 bridgehead atoms. The lowest BCUT2D eigenvalue weighted by atomic mass is 9.96. The summed E-state index contributed by atoms with van der Waals surface area (Å²) in [4.78, 5) is 2.58. The van der Waals surface area contributed by atoms with Gasteiger partial charge >= 0.3 is 0 Å². The number of halogens is 1. The molecule has 3 nitrogen and oxygen atoms in total. The van der Waals surface area contributed by atoms with Gasteiger partial charge in [0.2, 0.25) is 0 Å². The number of hydrogen-bond donors (Lipinski definition) is 1. The number of nitrogens with zero attached hydrogens (tertiary/aromatic N) is 1. The van der Waals surface area contributed by atoms with Gasteiger partial charge in [0.05, 0.1) is 12.6 Å². The minimum Gasteiger partial charge on any atom is -0.494 e. The molecule has 2 aromatic carbocycles. The lowest BCUT2D eigenvalue weighted by Crippen LogP contribution is -2.33. The van der Waals surface area contributed by atoms with Crippen molar-refractivity contribution >= 4 is 15.9 Å². The molecule has 0 aromatic heterocycles. The zero-order chi connectivity index (χ0) is 16.8. The average Bonchev–Trinajstić information content (AvgIpc) is 2.86. The van der Waals surface area contributed by atoms with E-state index in [1.54, 1.807) is 0 Å². The summed E-state index contributed by atoms with van der Waals surface area (Å²) >= 11 is 3.62. The van der Waals surface area contributed by atoms with E-state index in [1.165, 1.54) is 17.5 Å². The third-order valence-corrected chi connectivity index (χ3v) is 4.90. The van der Waals surface area contributed by atoms with E-state index >= 15 is 0 Å². The zero-order valence-corrected chi connectivity index (χ0v) is 15.8. The smallest absolute Gasteiger partial charge is 0.119 e. The number of rotatable bonds is 5. The van der Waals surface area contributed by atoms with Gasteiger partial charge in [0, 0.05) is 24.1 Å². The van der Waals surface area contributed by atoms with Crippen LogP contribution in [0.3, 0.4) is 0 Å². The summed E-state index contributed by atoms with van der Waals surface area (Å²) in [6, 6.07) is 17.5. The van der Waals surface area contributed by atoms with Crippen LogP contribution < -0.4 is 10.1 Å². The molecule has 3 rings (SSSR count). The molecular formula is C20H25BrN2O. The minimum absolute atomic E-state index is 0.276. The van der Waals surface area contributed by atoms with Crippen molar-refractivity contribution in [3.8, 4) is 5.75 Å². The van der Waals surface area contributed by atoms with Crippen molar-refractivity contribution in [1.82, 2.24) is 10.2 Å². The van der Waals surface area contributed by atoms with Gasteiger partial charge in [0.25, 0.3) is 0 Å². The largest absolute Gasteiger partial charge is 0.494 e. The highest BCUT2D eigenvalue weighted by atomic mass is 79.9. The summed E-state index contributed by atoms with van der Waals surface area (Å²) in [6.07, 6.45) is 1.18. The van der Waals surface area contributed by atoms with Gasteiger partial charge in [0.1, 0.15) is 5.75 Å². The number of hydrogen-bond acceptors (Lipinski definition) is 3. The van der Waals surface area contributed by atoms with Crippen LogP contribution in [0.1, 0.15) is 30.5 Å². The second-order valence-corrected chi connectivity index (χ2v) is 7.01. The Morgan fingerprint density at radius 1 is 1.08 bits per heavy atom. The second kappa shape index (κ2) is 8.65. The van der Waals surface area contributed by atoms with E-state index in [9.17, 15) is 0 Å². The van der Waals surface area contributed by atoms with Crippen molar-refractivity contribution in [2.24, 2.45) is 0 Å². The van der Waals surface area contributed by atoms with Gasteiger partial charge in [-0.05, 0) is 55.3 Å². The first-order chi connectivity index (χ1) is 11.8. The molecule has 0 saturated carbocycles. The summed E-state index contributed by atoms with van der Waals surface area (Å²) < 4.78 is 6.73. The van der Waals surface area contributed by atoms with Crippen LogP contribution in [-0.4, -0.2) is 37.7 Å². The third-order valence-electron chi connectivity index (χ3n) is 4.41. The van der Waals surface area contributed by atoms with Gasteiger partial charge in [-0.25, -0.2) is 0 Å². The van der Waals surface area contributed by atoms with E-state index in [0.29, 0.717) is 6.61 Å². The van der Waals surface area contributed by atoms with Crippen LogP contribution in [0.4, 0.5) is 0 Å². The molecule has 1 atom stereocenters. The molecule has 1 fully saturated rings. The van der Waals surface area contributed by atoms with Crippen LogP contribution in [0.15, 0.2) is 53.0 Å². The molecule has 2 aromatic rings. The van der Waals surface area contributed by atoms with Gasteiger partial charge in [0.15, 0.2) is 0 Å². The molecular weight excluding hydrogens is 364 g/mol. The Morgan fingerprint density at radius 3 is 2.67 bits per heavy atom. The number of nitrogens with one attached hydrogen (secondary N) is 1. The second-order valence-electron chi connectivity index (χ2n) is 6.10. The van der Waals surface area contributed by atoms with Crippen molar-refractivity contribution in [1.29, 1.82) is 0 Å². The van der Waals surface area contributed by atoms with Crippen LogP contribution in [0.25, 0.3) is 0 Å². The Labute approximate surface area is 153 Å². The molecule has 4 heteroatoms. The maximum atomic E-state index is 5.60. The van der Waals surface area contributed by atoms with Gasteiger partial charge in [-0.2, -0.15) is 0 Å². The molecule has 1 unspecified atom stereocenters. The predicted octanol–water partition coefficient (Wildman–Crippen LogP) is 4.23. The normalized spacial score (nSPS) is 17.2. The number of benzene rings is 2. The van der Waals surface area contributed by atoms with Crippen LogP contribution in [0.5, 0.6) is 5.75 Å². The van der Waals surface area contributed by atoms with Gasteiger partial charge in [-0.3, -0.25) is 4.90 Å². The Bertz CT molecular complexity index is 636. The Balaban J connectivity index is 1.94. The van der Waals surface area contributed by atoms with Crippen molar-refractivity contribution in [3.63, 3.8) is 0 Å². The standard InChI is InChI=1S/C20H25BrN2O/c1-2-24-19-9-7-16(8-10-19)20(17-5-3-6-18(21)15-17)23-13-4-11-22-12-14-23/h3,5-10,15,20,22H,2,4,11-14H2,1H3. The fourth-order valence-corrected chi connectivity index (χ4v) is 3.75. The summed E-state index contributed by atoms with van der Waals surface area (Å²) in [7, 11) is 0. The first-order valence-electron chi connectivity index (χ1n) is 8.71. The molecule has 0 aliphatic carbocycles. The molecule has 24 heavy (non-hydrogen) atoms. The van der Waals surface area contributed by atoms with Crippen LogP contribution in [0, 0.1) is 0 Å². The molecule has 1 aliphatic heterocycles. The van der Waals surface area contributed by atoms with Crippen LogP contribution in [-0.2, 0) is 0 Å². The van der Waals surface area contributed by atoms with E-state index in [1.807, 2.05) is 6.92 Å². The van der Waals surface area contributed by atoms with Crippen LogP contribution >= 0.6 is 15.9 Å². The van der Waals surface area contributed by atoms with Gasteiger partial charge < -0.3 is 10.1 Å². The highest BCUT2D eigenvalue weighted by Gasteiger charge is 2.23. The Morgan fingerprint density at radius 2 is 1.92 bits per heavy atom. The first-order valence-corrected chi connectivity index (χ1v) is 9.50. The predicted molar refractivity (Wildman–Crippen MR) is 103 cm³/mol. The molecule has 128 valence electrons. The summed E-state index contributed by atoms with van der Waals surface area (Å²) in [5.74, 6) is 0.937. The Hall–Kier alpha value is -1.36. The highest BCUT2D eigenvalue weighted by molar-refractivity contribution is 9.10. The SMILES string of the molecule is CCOc1ccc(C(c2cccc(Br)c2)N2CCCNCC2)cc1. The van der Waals surface area contributed by atoms with E-state index in [-0.39, 0.29) is 6.04 Å². The minimum atomic E-state index is 0.276. The lowest BCUT2D eigenvalue weighted by Gasteiger charge is -2.31. The monoisotopic (exact) mass is 388 g/mol. The first kappa shape index (κ1) is 17.5. The summed E-state index contributed by atoms with van der Waals surface area (Å²) in [6.45, 7) is 7.03. The topological polar surface area (TPSA) is 24.5 Å². The maximum absolute atomic E-state index is 5.60. The lowest BCUT2D eigenvalue weighted by molar-refractivity contribution is 0.241. The van der Waals surface area contributed by atoms with E-state index < -0.39 is 0 Å². The van der Waals surface area contributed by atoms with E-state index in [2.05, 4.69) is 74.7 Å². The fraction of sp³-hybridized carbons (Fsp3) is 0.400. The third kappa shape index (κ3) is 4.38. The van der Waals surface area contributed by atoms with E-state index in [4.69, 9.17) is 4.74 Å². The van der Waals surface area contributed by atoms with Gasteiger partial charge in [-0.1, -0.05) is 40.2 Å². The average molecular weight is 389 g/mol. The van der Waals surface area contributed by atoms with Crippen LogP contribution in [0.2, 0.25) is 0 Å². The van der Waals surface area contributed by atoms with Gasteiger partial charge in [-0.15, -0.1) is 0 Å². The number of ether oxygens (including phenoxy) is 1. The van der Waals surface area contributed by atoms with Crippen molar-refractivity contribution in [2.45, 2.75) is 19.4 Å². The Kier molecular flexibility index (Phi) is 6.30. The quantitative estimate of drug-likeness (QED) is 0.828. The highest BCUT2D eigenvalue weighted by Crippen LogP contribution is 2.31. The van der Waals surface area contributed by atoms with Crippen molar-refractivity contribution < 1.29 is 4.74 Å². The molecule has 0 radical (unpaired) electrons. The molecule has 1 heterocycles. The molecule has 1 aliphatic rings. The molecule has 0 spiro atoms. The molecule has 1 saturated heterocycles. The zero-order valence-electron chi connectivity index (χ0n) is 14.2. The van der Waals surface area contributed by atoms with Crippen molar-refractivity contribution in [3.05, 3.63) is 64.1 Å². The molecule has 1 N–H and O–H groups in total. The molecule has 0 amide bonds. The summed E-state index contributed by atoms with van der Waals surface area (Å²) in [5.41, 5.74) is 2.65. The maximum Gasteiger partial charge on any atom is 0.119 e. The van der Waals surface area contributed by atoms with E-state index in [0.717, 1.165) is 36.4 Å². The fourth-order valence-electron chi connectivity index (χ4n) is 3.33.